The van der Waals surface area contributed by atoms with Crippen molar-refractivity contribution in [2.75, 3.05) is 0 Å². The first kappa shape index (κ1) is 9.49. The Morgan fingerprint density at radius 3 is 2.87 bits per heavy atom. The van der Waals surface area contributed by atoms with E-state index in [-0.39, 0.29) is 0 Å². The number of nitrogens with one attached hydrogen (secondary N) is 1. The molecule has 0 amide bonds. The number of halogens is 2. The van der Waals surface area contributed by atoms with Crippen molar-refractivity contribution in [2.45, 2.75) is 17.3 Å². The SMILES string of the molecule is ClC1(Cl)CC1C[n+]1c[nH]c2ccccc21. The summed E-state index contributed by atoms with van der Waals surface area (Å²) in [4.78, 5) is 3.23. The first-order valence-corrected chi connectivity index (χ1v) is 5.76. The minimum atomic E-state index is -0.495. The molecule has 4 heteroatoms. The highest BCUT2D eigenvalue weighted by molar-refractivity contribution is 6.50. The molecular formula is C11H11Cl2N2+. The number of benzene rings is 1. The van der Waals surface area contributed by atoms with Crippen molar-refractivity contribution >= 4 is 34.2 Å². The molecular weight excluding hydrogens is 231 g/mol. The maximum atomic E-state index is 6.02. The van der Waals surface area contributed by atoms with Crippen LogP contribution in [0.3, 0.4) is 0 Å². The minimum absolute atomic E-state index is 0.380. The van der Waals surface area contributed by atoms with E-state index < -0.39 is 4.33 Å². The van der Waals surface area contributed by atoms with Crippen molar-refractivity contribution in [3.8, 4) is 0 Å². The summed E-state index contributed by atoms with van der Waals surface area (Å²) < 4.78 is 1.68. The summed E-state index contributed by atoms with van der Waals surface area (Å²) in [7, 11) is 0. The van der Waals surface area contributed by atoms with E-state index in [2.05, 4.69) is 21.7 Å². The number of alkyl halides is 2. The number of imidazole rings is 1. The maximum absolute atomic E-state index is 6.02. The molecule has 3 rings (SSSR count). The molecule has 0 spiro atoms. The molecule has 2 aromatic rings. The molecule has 1 aromatic carbocycles. The number of hydrogen-bond acceptors (Lipinski definition) is 0. The van der Waals surface area contributed by atoms with Crippen LogP contribution in [0.1, 0.15) is 6.42 Å². The van der Waals surface area contributed by atoms with Gasteiger partial charge in [0, 0.05) is 5.92 Å². The van der Waals surface area contributed by atoms with E-state index in [1.54, 1.807) is 0 Å². The van der Waals surface area contributed by atoms with Gasteiger partial charge in [-0.25, -0.2) is 9.55 Å². The quantitative estimate of drug-likeness (QED) is 0.617. The monoisotopic (exact) mass is 241 g/mol. The van der Waals surface area contributed by atoms with E-state index in [1.165, 1.54) is 5.52 Å². The summed E-state index contributed by atoms with van der Waals surface area (Å²) in [5, 5.41) is 0. The summed E-state index contributed by atoms with van der Waals surface area (Å²) in [6, 6.07) is 8.22. The van der Waals surface area contributed by atoms with Gasteiger partial charge in [-0.2, -0.15) is 0 Å². The van der Waals surface area contributed by atoms with Gasteiger partial charge in [0.05, 0.1) is 6.54 Å². The van der Waals surface area contributed by atoms with Crippen LogP contribution in [0.25, 0.3) is 11.0 Å². The van der Waals surface area contributed by atoms with Crippen molar-refractivity contribution in [1.29, 1.82) is 0 Å². The Kier molecular flexibility index (Phi) is 1.98. The molecule has 1 aliphatic carbocycles. The van der Waals surface area contributed by atoms with Gasteiger partial charge in [0.1, 0.15) is 4.33 Å². The smallest absolute Gasteiger partial charge is 0.242 e. The second-order valence-electron chi connectivity index (χ2n) is 4.11. The fourth-order valence-electron chi connectivity index (χ4n) is 1.92. The highest BCUT2D eigenvalue weighted by Crippen LogP contribution is 2.53. The van der Waals surface area contributed by atoms with Crippen LogP contribution >= 0.6 is 23.2 Å². The van der Waals surface area contributed by atoms with Crippen molar-refractivity contribution < 1.29 is 4.57 Å². The number of hydrogen-bond donors (Lipinski definition) is 1. The van der Waals surface area contributed by atoms with E-state index >= 15 is 0 Å². The largest absolute Gasteiger partial charge is 0.243 e. The Hall–Kier alpha value is -0.730. The molecule has 1 N–H and O–H groups in total. The Bertz CT molecular complexity index is 504. The number of para-hydroxylation sites is 2. The van der Waals surface area contributed by atoms with Gasteiger partial charge in [-0.1, -0.05) is 12.1 Å². The fourth-order valence-corrected chi connectivity index (χ4v) is 2.43. The normalized spacial score (nSPS) is 23.2. The van der Waals surface area contributed by atoms with Crippen LogP contribution in [0.4, 0.5) is 0 Å². The molecule has 2 nitrogen and oxygen atoms in total. The van der Waals surface area contributed by atoms with Crippen LogP contribution in [-0.4, -0.2) is 9.32 Å². The first-order chi connectivity index (χ1) is 7.17. The second-order valence-corrected chi connectivity index (χ2v) is 5.65. The molecule has 0 aliphatic heterocycles. The highest BCUT2D eigenvalue weighted by atomic mass is 35.5. The molecule has 1 saturated carbocycles. The van der Waals surface area contributed by atoms with Crippen LogP contribution in [0.15, 0.2) is 30.6 Å². The van der Waals surface area contributed by atoms with Gasteiger partial charge in [-0.3, -0.25) is 0 Å². The molecule has 0 bridgehead atoms. The zero-order valence-electron chi connectivity index (χ0n) is 8.08. The summed E-state index contributed by atoms with van der Waals surface area (Å²) in [5.41, 5.74) is 2.35. The summed E-state index contributed by atoms with van der Waals surface area (Å²) >= 11 is 12.0. The lowest BCUT2D eigenvalue weighted by atomic mass is 10.3. The van der Waals surface area contributed by atoms with E-state index in [0.717, 1.165) is 18.5 Å². The minimum Gasteiger partial charge on any atom is -0.243 e. The van der Waals surface area contributed by atoms with E-state index in [1.807, 2.05) is 18.5 Å². The van der Waals surface area contributed by atoms with Crippen molar-refractivity contribution in [2.24, 2.45) is 5.92 Å². The summed E-state index contributed by atoms with van der Waals surface area (Å²) in [6.45, 7) is 0.886. The van der Waals surface area contributed by atoms with Gasteiger partial charge in [0.25, 0.3) is 0 Å². The van der Waals surface area contributed by atoms with Crippen molar-refractivity contribution in [1.82, 2.24) is 4.98 Å². The van der Waals surface area contributed by atoms with Crippen LogP contribution in [0, 0.1) is 5.92 Å². The van der Waals surface area contributed by atoms with Crippen LogP contribution < -0.4 is 4.57 Å². The Labute approximate surface area is 97.8 Å². The fraction of sp³-hybridized carbons (Fsp3) is 0.364. The maximum Gasteiger partial charge on any atom is 0.242 e. The first-order valence-electron chi connectivity index (χ1n) is 5.00. The number of rotatable bonds is 2. The molecule has 1 heterocycles. The lowest BCUT2D eigenvalue weighted by Gasteiger charge is -1.97. The number of aromatic amines is 1. The zero-order chi connectivity index (χ0) is 10.5. The average molecular weight is 242 g/mol. The van der Waals surface area contributed by atoms with Crippen LogP contribution in [0.5, 0.6) is 0 Å². The Balaban J connectivity index is 1.92. The molecule has 78 valence electrons. The van der Waals surface area contributed by atoms with Crippen LogP contribution in [0.2, 0.25) is 0 Å². The van der Waals surface area contributed by atoms with Gasteiger partial charge in [0.15, 0.2) is 11.0 Å². The molecule has 0 saturated heterocycles. The summed E-state index contributed by atoms with van der Waals surface area (Å²) in [6.07, 6.45) is 2.87. The third-order valence-electron chi connectivity index (χ3n) is 2.96. The van der Waals surface area contributed by atoms with Gasteiger partial charge in [0.2, 0.25) is 6.33 Å². The molecule has 1 atom stereocenters. The van der Waals surface area contributed by atoms with Crippen LogP contribution in [-0.2, 0) is 6.54 Å². The zero-order valence-corrected chi connectivity index (χ0v) is 9.59. The third kappa shape index (κ3) is 1.62. The third-order valence-corrected chi connectivity index (χ3v) is 3.89. The van der Waals surface area contributed by atoms with Gasteiger partial charge in [-0.15, -0.1) is 23.2 Å². The van der Waals surface area contributed by atoms with E-state index in [9.17, 15) is 0 Å². The molecule has 1 fully saturated rings. The van der Waals surface area contributed by atoms with Gasteiger partial charge in [-0.05, 0) is 18.6 Å². The predicted molar refractivity (Wildman–Crippen MR) is 61.0 cm³/mol. The molecule has 1 unspecified atom stereocenters. The van der Waals surface area contributed by atoms with E-state index in [0.29, 0.717) is 5.92 Å². The van der Waals surface area contributed by atoms with Crippen molar-refractivity contribution in [3.05, 3.63) is 30.6 Å². The van der Waals surface area contributed by atoms with Crippen molar-refractivity contribution in [3.63, 3.8) is 0 Å². The number of nitrogens with zero attached hydrogens (tertiary/aromatic N) is 1. The topological polar surface area (TPSA) is 19.7 Å². The second kappa shape index (κ2) is 3.13. The van der Waals surface area contributed by atoms with Gasteiger partial charge >= 0.3 is 0 Å². The predicted octanol–water partition coefficient (Wildman–Crippen LogP) is 2.65. The Morgan fingerprint density at radius 1 is 1.40 bits per heavy atom. The highest BCUT2D eigenvalue weighted by Gasteiger charge is 2.52. The number of aromatic nitrogens is 2. The van der Waals surface area contributed by atoms with Gasteiger partial charge < -0.3 is 0 Å². The number of H-pyrrole nitrogens is 1. The average Bonchev–Trinajstić information content (AvgIpc) is 2.64. The molecule has 15 heavy (non-hydrogen) atoms. The lowest BCUT2D eigenvalue weighted by molar-refractivity contribution is -0.674. The Morgan fingerprint density at radius 2 is 2.13 bits per heavy atom. The standard InChI is InChI=1S/C11H10Cl2N2/c12-11(13)5-8(11)6-15-7-14-9-3-1-2-4-10(9)15/h1-4,7-8H,5-6H2/p+1. The number of fused-ring (bicyclic) bond motifs is 1. The van der Waals surface area contributed by atoms with E-state index in [4.69, 9.17) is 23.2 Å². The molecule has 0 radical (unpaired) electrons. The summed E-state index contributed by atoms with van der Waals surface area (Å²) in [5.74, 6) is 0.380. The molecule has 1 aliphatic rings. The molecule has 1 aromatic heterocycles. The lowest BCUT2D eigenvalue weighted by Crippen LogP contribution is -2.33.